The number of hydrogen-bond acceptors (Lipinski definition) is 6. The Morgan fingerprint density at radius 2 is 1.81 bits per heavy atom. The second kappa shape index (κ2) is 9.91. The van der Waals surface area contributed by atoms with Crippen LogP contribution in [0.15, 0.2) is 53.4 Å². The maximum absolute atomic E-state index is 12.0. The van der Waals surface area contributed by atoms with Gasteiger partial charge in [-0.1, -0.05) is 23.7 Å². The van der Waals surface area contributed by atoms with Crippen LogP contribution in [0.4, 0.5) is 0 Å². The predicted octanol–water partition coefficient (Wildman–Crippen LogP) is 4.54. The van der Waals surface area contributed by atoms with Crippen LogP contribution < -0.4 is 0 Å². The van der Waals surface area contributed by atoms with Crippen molar-refractivity contribution in [2.24, 2.45) is 5.92 Å². The Labute approximate surface area is 166 Å². The van der Waals surface area contributed by atoms with Crippen molar-refractivity contribution in [3.05, 3.63) is 64.7 Å². The number of thioether (sulfide) groups is 1. The number of nitrogens with one attached hydrogen (secondary N) is 1. The number of hydrogen-bond donors (Lipinski definition) is 1. The van der Waals surface area contributed by atoms with Gasteiger partial charge in [0.15, 0.2) is 12.4 Å². The molecule has 2 aromatic carbocycles. The molecule has 2 rings (SSSR count). The molecule has 0 amide bonds. The Balaban J connectivity index is 1.87. The molecule has 0 heterocycles. The molecule has 5 nitrogen and oxygen atoms in total. The zero-order valence-corrected chi connectivity index (χ0v) is 16.1. The number of ether oxygens (including phenoxy) is 1. The maximum atomic E-state index is 12.0. The van der Waals surface area contributed by atoms with E-state index >= 15 is 0 Å². The van der Waals surface area contributed by atoms with E-state index in [1.165, 1.54) is 6.92 Å². The van der Waals surface area contributed by atoms with Crippen LogP contribution in [-0.2, 0) is 15.3 Å². The van der Waals surface area contributed by atoms with Crippen LogP contribution in [-0.4, -0.2) is 24.1 Å². The van der Waals surface area contributed by atoms with Gasteiger partial charge in [0.05, 0.1) is 11.6 Å². The van der Waals surface area contributed by atoms with Gasteiger partial charge in [-0.3, -0.25) is 4.79 Å². The van der Waals surface area contributed by atoms with E-state index in [0.717, 1.165) is 16.2 Å². The molecular formula is C20H17ClN2O3S. The van der Waals surface area contributed by atoms with Gasteiger partial charge in [-0.25, -0.2) is 4.79 Å². The average molecular weight is 401 g/mol. The smallest absolute Gasteiger partial charge is 0.338 e. The van der Waals surface area contributed by atoms with Crippen molar-refractivity contribution in [2.45, 2.75) is 17.6 Å². The van der Waals surface area contributed by atoms with Crippen molar-refractivity contribution < 1.29 is 14.3 Å². The van der Waals surface area contributed by atoms with Gasteiger partial charge in [0.1, 0.15) is 5.92 Å². The van der Waals surface area contributed by atoms with E-state index in [0.29, 0.717) is 10.6 Å². The lowest BCUT2D eigenvalue weighted by molar-refractivity contribution is -0.122. The fraction of sp³-hybridized carbons (Fsp3) is 0.200. The molecule has 138 valence electrons. The zero-order chi connectivity index (χ0) is 19.8. The topological polar surface area (TPSA) is 91.0 Å². The lowest BCUT2D eigenvalue weighted by Gasteiger charge is -2.08. The number of rotatable bonds is 8. The summed E-state index contributed by atoms with van der Waals surface area (Å²) in [5.41, 5.74) is 1.29. The van der Waals surface area contributed by atoms with Crippen LogP contribution in [0.3, 0.4) is 0 Å². The Kier molecular flexibility index (Phi) is 7.59. The molecule has 0 radical (unpaired) electrons. The third-order valence-corrected chi connectivity index (χ3v) is 4.97. The molecule has 2 aromatic rings. The lowest BCUT2D eigenvalue weighted by Crippen LogP contribution is -2.25. The van der Waals surface area contributed by atoms with E-state index in [-0.39, 0.29) is 5.71 Å². The second-order valence-corrected chi connectivity index (χ2v) is 7.21. The van der Waals surface area contributed by atoms with Gasteiger partial charge in [-0.05, 0) is 48.9 Å². The number of nitrogens with zero attached hydrogens (tertiary/aromatic N) is 1. The van der Waals surface area contributed by atoms with Gasteiger partial charge >= 0.3 is 5.97 Å². The fourth-order valence-electron chi connectivity index (χ4n) is 2.15. The lowest BCUT2D eigenvalue weighted by atomic mass is 10.0. The van der Waals surface area contributed by atoms with Gasteiger partial charge < -0.3 is 10.1 Å². The number of Topliss-reactive ketones (excluding diaryl/α,β-unsaturated/α-hetero) is 1. The van der Waals surface area contributed by atoms with Gasteiger partial charge in [0.2, 0.25) is 0 Å². The van der Waals surface area contributed by atoms with E-state index in [2.05, 4.69) is 0 Å². The van der Waals surface area contributed by atoms with Gasteiger partial charge in [0.25, 0.3) is 0 Å². The minimum absolute atomic E-state index is 0.0684. The van der Waals surface area contributed by atoms with Crippen LogP contribution in [0.25, 0.3) is 0 Å². The first-order valence-corrected chi connectivity index (χ1v) is 9.39. The van der Waals surface area contributed by atoms with Crippen molar-refractivity contribution in [1.29, 1.82) is 10.7 Å². The SMILES string of the molecule is CC(=N)C(C#N)C(=O)COC(=O)c1ccc(CSc2ccc(Cl)cc2)cc1. The summed E-state index contributed by atoms with van der Waals surface area (Å²) in [5, 5.41) is 16.9. The van der Waals surface area contributed by atoms with E-state index in [1.54, 1.807) is 30.0 Å². The molecule has 1 N–H and O–H groups in total. The normalized spacial score (nSPS) is 11.3. The van der Waals surface area contributed by atoms with E-state index in [1.807, 2.05) is 36.4 Å². The molecule has 0 aliphatic rings. The molecule has 0 fully saturated rings. The number of halogens is 1. The maximum Gasteiger partial charge on any atom is 0.338 e. The number of ketones is 1. The molecule has 1 atom stereocenters. The van der Waals surface area contributed by atoms with Crippen molar-refractivity contribution in [3.63, 3.8) is 0 Å². The van der Waals surface area contributed by atoms with Crippen molar-refractivity contribution >= 4 is 40.8 Å². The van der Waals surface area contributed by atoms with E-state index < -0.39 is 24.3 Å². The third-order valence-electron chi connectivity index (χ3n) is 3.64. The highest BCUT2D eigenvalue weighted by molar-refractivity contribution is 7.98. The summed E-state index contributed by atoms with van der Waals surface area (Å²) in [4.78, 5) is 24.9. The highest BCUT2D eigenvalue weighted by atomic mass is 35.5. The minimum Gasteiger partial charge on any atom is -0.454 e. The minimum atomic E-state index is -1.18. The average Bonchev–Trinajstić information content (AvgIpc) is 2.66. The van der Waals surface area contributed by atoms with Crippen molar-refractivity contribution in [2.75, 3.05) is 6.61 Å². The van der Waals surface area contributed by atoms with E-state index in [4.69, 9.17) is 27.0 Å². The molecule has 0 aromatic heterocycles. The second-order valence-electron chi connectivity index (χ2n) is 5.73. The Morgan fingerprint density at radius 3 is 2.37 bits per heavy atom. The summed E-state index contributed by atoms with van der Waals surface area (Å²) in [6.45, 7) is 0.843. The highest BCUT2D eigenvalue weighted by Gasteiger charge is 2.21. The molecule has 0 bridgehead atoms. The number of benzene rings is 2. The summed E-state index contributed by atoms with van der Waals surface area (Å²) in [5.74, 6) is -1.68. The first-order valence-electron chi connectivity index (χ1n) is 8.02. The van der Waals surface area contributed by atoms with Crippen LogP contribution in [0.5, 0.6) is 0 Å². The Morgan fingerprint density at radius 1 is 1.19 bits per heavy atom. The molecule has 0 spiro atoms. The molecular weight excluding hydrogens is 384 g/mol. The van der Waals surface area contributed by atoms with Gasteiger partial charge in [-0.15, -0.1) is 11.8 Å². The first-order chi connectivity index (χ1) is 12.9. The summed E-state index contributed by atoms with van der Waals surface area (Å²) >= 11 is 7.51. The van der Waals surface area contributed by atoms with Crippen LogP contribution in [0.1, 0.15) is 22.8 Å². The number of esters is 1. The van der Waals surface area contributed by atoms with Gasteiger partial charge in [-0.2, -0.15) is 5.26 Å². The monoisotopic (exact) mass is 400 g/mol. The predicted molar refractivity (Wildman–Crippen MR) is 105 cm³/mol. The summed E-state index contributed by atoms with van der Waals surface area (Å²) in [6.07, 6.45) is 0. The summed E-state index contributed by atoms with van der Waals surface area (Å²) in [6, 6.07) is 16.2. The van der Waals surface area contributed by atoms with Crippen LogP contribution >= 0.6 is 23.4 Å². The van der Waals surface area contributed by atoms with Crippen LogP contribution in [0.2, 0.25) is 5.02 Å². The standard InChI is InChI=1S/C20H17ClN2O3S/c1-13(23)18(10-22)19(24)11-26-20(25)15-4-2-14(3-5-15)12-27-17-8-6-16(21)7-9-17/h2-9,18,23H,11-12H2,1H3. The first kappa shape index (κ1) is 20.7. The zero-order valence-electron chi connectivity index (χ0n) is 14.6. The molecule has 0 aliphatic heterocycles. The summed E-state index contributed by atoms with van der Waals surface area (Å²) in [7, 11) is 0. The molecule has 0 saturated heterocycles. The van der Waals surface area contributed by atoms with E-state index in [9.17, 15) is 9.59 Å². The molecule has 7 heteroatoms. The summed E-state index contributed by atoms with van der Waals surface area (Å²) < 4.78 is 4.95. The largest absolute Gasteiger partial charge is 0.454 e. The Hall–Kier alpha value is -2.62. The molecule has 0 saturated carbocycles. The highest BCUT2D eigenvalue weighted by Crippen LogP contribution is 2.24. The third kappa shape index (κ3) is 6.24. The van der Waals surface area contributed by atoms with Crippen molar-refractivity contribution in [3.8, 4) is 6.07 Å². The molecule has 1 unspecified atom stereocenters. The van der Waals surface area contributed by atoms with Crippen LogP contribution in [0, 0.1) is 22.7 Å². The Bertz CT molecular complexity index is 874. The molecule has 27 heavy (non-hydrogen) atoms. The number of carbonyl (C=O) groups excluding carboxylic acids is 2. The molecule has 0 aliphatic carbocycles. The van der Waals surface area contributed by atoms with Crippen molar-refractivity contribution in [1.82, 2.24) is 0 Å². The quantitative estimate of drug-likeness (QED) is 0.399. The van der Waals surface area contributed by atoms with Gasteiger partial charge in [0, 0.05) is 21.4 Å². The fourth-order valence-corrected chi connectivity index (χ4v) is 3.13. The number of nitriles is 1. The number of carbonyl (C=O) groups is 2.